The van der Waals surface area contributed by atoms with Crippen LogP contribution in [0.5, 0.6) is 0 Å². The second kappa shape index (κ2) is 12.0. The van der Waals surface area contributed by atoms with Gasteiger partial charge in [0, 0.05) is 11.3 Å². The van der Waals surface area contributed by atoms with Crippen molar-refractivity contribution in [1.82, 2.24) is 5.32 Å². The van der Waals surface area contributed by atoms with Crippen molar-refractivity contribution in [3.8, 4) is 0 Å². The second-order valence-corrected chi connectivity index (χ2v) is 9.69. The Hall–Kier alpha value is -2.70. The van der Waals surface area contributed by atoms with Gasteiger partial charge in [0.1, 0.15) is 5.00 Å². The first-order chi connectivity index (χ1) is 15.9. The fraction of sp³-hybridized carbons (Fsp3) is 0.333. The third-order valence-corrected chi connectivity index (χ3v) is 7.14. The molecule has 1 aromatic heterocycles. The van der Waals surface area contributed by atoms with E-state index in [-0.39, 0.29) is 12.0 Å². The largest absolute Gasteiger partial charge is 0.465 e. The van der Waals surface area contributed by atoms with E-state index in [1.807, 2.05) is 24.3 Å². The van der Waals surface area contributed by atoms with Crippen LogP contribution < -0.4 is 10.6 Å². The van der Waals surface area contributed by atoms with Gasteiger partial charge in [-0.3, -0.25) is 0 Å². The molecule has 3 rings (SSSR count). The number of hydrogen-bond acceptors (Lipinski definition) is 4. The third-order valence-electron chi connectivity index (χ3n) is 5.87. The van der Waals surface area contributed by atoms with Crippen molar-refractivity contribution in [3.63, 3.8) is 0 Å². The molecule has 2 unspecified atom stereocenters. The topological polar surface area (TPSA) is 50.4 Å². The van der Waals surface area contributed by atoms with Gasteiger partial charge in [-0.15, -0.1) is 11.3 Å². The standard InChI is InChI=1S/C27H32N2O2S2/c1-5-18(3)20-12-14-21(15-13-20)24(6-2)28-27(32)29-25-23(26(30)31-4)17-22(33-25)16-19-10-8-7-9-11-19/h7-15,17-18,24H,5-6,16H2,1-4H3,(H2,28,29,32). The number of carbonyl (C=O) groups is 1. The van der Waals surface area contributed by atoms with Crippen LogP contribution in [0.15, 0.2) is 60.7 Å². The number of carbonyl (C=O) groups excluding carboxylic acids is 1. The monoisotopic (exact) mass is 480 g/mol. The van der Waals surface area contributed by atoms with Crippen LogP contribution in [0.4, 0.5) is 5.00 Å². The van der Waals surface area contributed by atoms with Crippen LogP contribution in [0, 0.1) is 0 Å². The first kappa shape index (κ1) is 24.9. The van der Waals surface area contributed by atoms with E-state index in [2.05, 4.69) is 67.8 Å². The van der Waals surface area contributed by atoms with Crippen LogP contribution in [0.2, 0.25) is 0 Å². The Morgan fingerprint density at radius 2 is 1.70 bits per heavy atom. The van der Waals surface area contributed by atoms with Crippen LogP contribution in [0.25, 0.3) is 0 Å². The van der Waals surface area contributed by atoms with Gasteiger partial charge in [0.25, 0.3) is 0 Å². The Bertz CT molecular complexity index is 1060. The highest BCUT2D eigenvalue weighted by molar-refractivity contribution is 7.80. The average Bonchev–Trinajstić information content (AvgIpc) is 3.23. The molecule has 0 spiro atoms. The van der Waals surface area contributed by atoms with E-state index in [1.54, 1.807) is 0 Å². The molecular weight excluding hydrogens is 448 g/mol. The normalized spacial score (nSPS) is 12.6. The Kier molecular flexibility index (Phi) is 9.03. The van der Waals surface area contributed by atoms with E-state index < -0.39 is 0 Å². The summed E-state index contributed by atoms with van der Waals surface area (Å²) in [7, 11) is 1.40. The average molecular weight is 481 g/mol. The molecule has 3 aromatic rings. The van der Waals surface area contributed by atoms with Gasteiger partial charge in [-0.1, -0.05) is 75.4 Å². The van der Waals surface area contributed by atoms with Crippen molar-refractivity contribution in [2.75, 3.05) is 12.4 Å². The summed E-state index contributed by atoms with van der Waals surface area (Å²) >= 11 is 7.14. The van der Waals surface area contributed by atoms with Gasteiger partial charge in [-0.2, -0.15) is 0 Å². The summed E-state index contributed by atoms with van der Waals surface area (Å²) in [5.74, 6) is 0.180. The van der Waals surface area contributed by atoms with Gasteiger partial charge in [0.2, 0.25) is 0 Å². The molecule has 0 fully saturated rings. The molecule has 0 bridgehead atoms. The highest BCUT2D eigenvalue weighted by Gasteiger charge is 2.19. The van der Waals surface area contributed by atoms with Crippen LogP contribution in [-0.2, 0) is 11.2 Å². The lowest BCUT2D eigenvalue weighted by Crippen LogP contribution is -2.32. The van der Waals surface area contributed by atoms with Gasteiger partial charge < -0.3 is 15.4 Å². The van der Waals surface area contributed by atoms with Gasteiger partial charge in [0.05, 0.1) is 18.7 Å². The Morgan fingerprint density at radius 3 is 2.30 bits per heavy atom. The minimum absolute atomic E-state index is 0.0845. The van der Waals surface area contributed by atoms with E-state index in [0.717, 1.165) is 24.1 Å². The lowest BCUT2D eigenvalue weighted by Gasteiger charge is -2.21. The number of ether oxygens (including phenoxy) is 1. The summed E-state index contributed by atoms with van der Waals surface area (Å²) in [5.41, 5.74) is 4.24. The molecule has 2 N–H and O–H groups in total. The Labute approximate surface area is 206 Å². The number of esters is 1. The lowest BCUT2D eigenvalue weighted by molar-refractivity contribution is 0.0602. The predicted octanol–water partition coefficient (Wildman–Crippen LogP) is 7.08. The number of hydrogen-bond donors (Lipinski definition) is 2. The molecule has 0 aliphatic heterocycles. The summed E-state index contributed by atoms with van der Waals surface area (Å²) in [6.07, 6.45) is 2.76. The highest BCUT2D eigenvalue weighted by Crippen LogP contribution is 2.31. The van der Waals surface area contributed by atoms with E-state index in [1.165, 1.54) is 35.1 Å². The molecule has 0 aliphatic rings. The number of nitrogens with one attached hydrogen (secondary N) is 2. The first-order valence-corrected chi connectivity index (χ1v) is 12.6. The zero-order valence-electron chi connectivity index (χ0n) is 19.7. The fourth-order valence-electron chi connectivity index (χ4n) is 3.69. The van der Waals surface area contributed by atoms with Crippen molar-refractivity contribution >= 4 is 39.6 Å². The number of benzene rings is 2. The zero-order chi connectivity index (χ0) is 23.8. The SMILES string of the molecule is CCC(C)c1ccc(C(CC)NC(=S)Nc2sc(Cc3ccccc3)cc2C(=O)OC)cc1. The van der Waals surface area contributed by atoms with E-state index in [4.69, 9.17) is 17.0 Å². The summed E-state index contributed by atoms with van der Waals surface area (Å²) in [5, 5.41) is 7.85. The maximum Gasteiger partial charge on any atom is 0.340 e. The fourth-order valence-corrected chi connectivity index (χ4v) is 5.08. The molecule has 1 heterocycles. The number of methoxy groups -OCH3 is 1. The van der Waals surface area contributed by atoms with Crippen LogP contribution in [0.1, 0.15) is 77.5 Å². The summed E-state index contributed by atoms with van der Waals surface area (Å²) in [4.78, 5) is 13.4. The minimum Gasteiger partial charge on any atom is -0.465 e. The summed E-state index contributed by atoms with van der Waals surface area (Å²) in [6.45, 7) is 6.58. The van der Waals surface area contributed by atoms with Gasteiger partial charge in [0.15, 0.2) is 5.11 Å². The van der Waals surface area contributed by atoms with E-state index in [9.17, 15) is 4.79 Å². The molecule has 2 aromatic carbocycles. The van der Waals surface area contributed by atoms with E-state index >= 15 is 0 Å². The zero-order valence-corrected chi connectivity index (χ0v) is 21.3. The molecule has 0 radical (unpaired) electrons. The van der Waals surface area contributed by atoms with E-state index in [0.29, 0.717) is 21.6 Å². The molecule has 0 amide bonds. The van der Waals surface area contributed by atoms with Crippen molar-refractivity contribution in [2.45, 2.75) is 52.0 Å². The van der Waals surface area contributed by atoms with Crippen LogP contribution >= 0.6 is 23.6 Å². The van der Waals surface area contributed by atoms with Gasteiger partial charge >= 0.3 is 5.97 Å². The molecule has 0 saturated heterocycles. The molecule has 6 heteroatoms. The third kappa shape index (κ3) is 6.65. The highest BCUT2D eigenvalue weighted by atomic mass is 32.1. The molecule has 2 atom stereocenters. The molecular formula is C27H32N2O2S2. The van der Waals surface area contributed by atoms with Crippen molar-refractivity contribution in [2.24, 2.45) is 0 Å². The van der Waals surface area contributed by atoms with Gasteiger partial charge in [-0.25, -0.2) is 4.79 Å². The maximum absolute atomic E-state index is 12.4. The smallest absolute Gasteiger partial charge is 0.340 e. The predicted molar refractivity (Wildman–Crippen MR) is 142 cm³/mol. The molecule has 174 valence electrons. The van der Waals surface area contributed by atoms with Crippen LogP contribution in [0.3, 0.4) is 0 Å². The molecule has 33 heavy (non-hydrogen) atoms. The minimum atomic E-state index is -0.372. The number of rotatable bonds is 9. The van der Waals surface area contributed by atoms with Crippen molar-refractivity contribution in [1.29, 1.82) is 0 Å². The number of thiocarbonyl (C=S) groups is 1. The van der Waals surface area contributed by atoms with Crippen LogP contribution in [-0.4, -0.2) is 18.2 Å². The second-order valence-electron chi connectivity index (χ2n) is 8.14. The molecule has 4 nitrogen and oxygen atoms in total. The first-order valence-electron chi connectivity index (χ1n) is 11.4. The van der Waals surface area contributed by atoms with Gasteiger partial charge in [-0.05, 0) is 53.7 Å². The number of anilines is 1. The lowest BCUT2D eigenvalue weighted by atomic mass is 9.95. The Morgan fingerprint density at radius 1 is 1.03 bits per heavy atom. The molecule has 0 saturated carbocycles. The van der Waals surface area contributed by atoms with Crippen molar-refractivity contribution in [3.05, 3.63) is 87.8 Å². The quantitative estimate of drug-likeness (QED) is 0.253. The Balaban J connectivity index is 1.73. The van der Waals surface area contributed by atoms with Crippen molar-refractivity contribution < 1.29 is 9.53 Å². The summed E-state index contributed by atoms with van der Waals surface area (Å²) < 4.78 is 5.00. The molecule has 0 aliphatic carbocycles. The summed E-state index contributed by atoms with van der Waals surface area (Å²) in [6, 6.07) is 20.9. The number of thiophene rings is 1. The maximum atomic E-state index is 12.4.